The highest BCUT2D eigenvalue weighted by Gasteiger charge is 2.20. The van der Waals surface area contributed by atoms with Gasteiger partial charge in [0.1, 0.15) is 5.02 Å². The molecule has 0 radical (unpaired) electrons. The molecule has 1 heterocycles. The van der Waals surface area contributed by atoms with Gasteiger partial charge in [0.25, 0.3) is 15.7 Å². The number of hydrogen-bond donors (Lipinski definition) is 1. The number of nitrogens with zero attached hydrogens (tertiary/aromatic N) is 2. The highest BCUT2D eigenvalue weighted by Crippen LogP contribution is 2.29. The van der Waals surface area contributed by atoms with Crippen LogP contribution in [-0.4, -0.2) is 18.3 Å². The van der Waals surface area contributed by atoms with Crippen molar-refractivity contribution in [2.75, 3.05) is 4.72 Å². The lowest BCUT2D eigenvalue weighted by Crippen LogP contribution is -2.13. The van der Waals surface area contributed by atoms with E-state index in [-0.39, 0.29) is 9.92 Å². The van der Waals surface area contributed by atoms with Gasteiger partial charge in [-0.2, -0.15) is 0 Å². The Labute approximate surface area is 171 Å². The zero-order valence-electron chi connectivity index (χ0n) is 14.3. The predicted octanol–water partition coefficient (Wildman–Crippen LogP) is 4.74. The van der Waals surface area contributed by atoms with Crippen molar-refractivity contribution in [3.63, 3.8) is 0 Å². The minimum atomic E-state index is -3.98. The molecule has 7 nitrogen and oxygen atoms in total. The molecule has 0 atom stereocenters. The molecule has 0 bridgehead atoms. The first kappa shape index (κ1) is 20.1. The minimum Gasteiger partial charge on any atom is -0.280 e. The Morgan fingerprint density at radius 1 is 1.14 bits per heavy atom. The second-order valence-corrected chi connectivity index (χ2v) is 8.79. The average Bonchev–Trinajstić information content (AvgIpc) is 2.68. The Hall–Kier alpha value is -2.62. The zero-order chi connectivity index (χ0) is 20.1. The number of rotatable bonds is 7. The summed E-state index contributed by atoms with van der Waals surface area (Å²) < 4.78 is 27.4. The molecule has 0 saturated heterocycles. The number of nitro benzene ring substituents is 1. The number of hydrogen-bond acceptors (Lipinski definition) is 6. The Morgan fingerprint density at radius 3 is 2.54 bits per heavy atom. The van der Waals surface area contributed by atoms with Crippen LogP contribution >= 0.6 is 23.4 Å². The third-order valence-electron chi connectivity index (χ3n) is 3.66. The van der Waals surface area contributed by atoms with E-state index in [9.17, 15) is 18.5 Å². The molecule has 0 saturated carbocycles. The van der Waals surface area contributed by atoms with E-state index >= 15 is 0 Å². The summed E-state index contributed by atoms with van der Waals surface area (Å²) in [4.78, 5) is 15.0. The van der Waals surface area contributed by atoms with Crippen LogP contribution in [0.5, 0.6) is 0 Å². The Balaban J connectivity index is 1.71. The molecule has 1 N–H and O–H groups in total. The number of halogens is 1. The summed E-state index contributed by atoms with van der Waals surface area (Å²) in [6.07, 6.45) is 3.51. The predicted molar refractivity (Wildman–Crippen MR) is 109 cm³/mol. The van der Waals surface area contributed by atoms with E-state index in [1.165, 1.54) is 12.1 Å². The molecule has 0 aliphatic rings. The summed E-state index contributed by atoms with van der Waals surface area (Å²) in [5, 5.41) is 10.8. The van der Waals surface area contributed by atoms with E-state index in [0.717, 1.165) is 22.3 Å². The molecule has 0 aliphatic carbocycles. The number of aromatic nitrogens is 1. The third-order valence-corrected chi connectivity index (χ3v) is 6.44. The molecule has 28 heavy (non-hydrogen) atoms. The molecule has 10 heteroatoms. The van der Waals surface area contributed by atoms with Gasteiger partial charge in [0.2, 0.25) is 0 Å². The molecular weight excluding hydrogens is 422 g/mol. The van der Waals surface area contributed by atoms with E-state index in [1.54, 1.807) is 48.4 Å². The summed E-state index contributed by atoms with van der Waals surface area (Å²) >= 11 is 7.33. The topological polar surface area (TPSA) is 102 Å². The summed E-state index contributed by atoms with van der Waals surface area (Å²) in [7, 11) is -3.98. The molecule has 0 aliphatic heterocycles. The first-order valence-corrected chi connectivity index (χ1v) is 10.8. The highest BCUT2D eigenvalue weighted by molar-refractivity contribution is 7.98. The molecule has 1 aromatic heterocycles. The number of nitrogens with one attached hydrogen (secondary N) is 1. The van der Waals surface area contributed by atoms with Crippen molar-refractivity contribution >= 4 is 44.8 Å². The fourth-order valence-electron chi connectivity index (χ4n) is 2.28. The summed E-state index contributed by atoms with van der Waals surface area (Å²) in [6.45, 7) is 0. The molecule has 0 amide bonds. The lowest BCUT2D eigenvalue weighted by Gasteiger charge is -2.09. The lowest BCUT2D eigenvalue weighted by atomic mass is 10.3. The normalized spacial score (nSPS) is 11.2. The highest BCUT2D eigenvalue weighted by atomic mass is 35.5. The third kappa shape index (κ3) is 5.00. The van der Waals surface area contributed by atoms with Crippen molar-refractivity contribution in [1.82, 2.24) is 4.98 Å². The van der Waals surface area contributed by atoms with Crippen molar-refractivity contribution < 1.29 is 13.3 Å². The number of benzene rings is 2. The number of thioether (sulfide) groups is 1. The monoisotopic (exact) mass is 435 g/mol. The van der Waals surface area contributed by atoms with Crippen molar-refractivity contribution in [2.24, 2.45) is 0 Å². The second-order valence-electron chi connectivity index (χ2n) is 5.65. The van der Waals surface area contributed by atoms with Gasteiger partial charge in [-0.15, -0.1) is 11.8 Å². The summed E-state index contributed by atoms with van der Waals surface area (Å²) in [6, 6.07) is 14.0. The van der Waals surface area contributed by atoms with Gasteiger partial charge in [-0.05, 0) is 48.0 Å². The second kappa shape index (κ2) is 8.59. The smallest absolute Gasteiger partial charge is 0.280 e. The van der Waals surface area contributed by atoms with Gasteiger partial charge in [-0.3, -0.25) is 19.8 Å². The van der Waals surface area contributed by atoms with Gasteiger partial charge >= 0.3 is 0 Å². The minimum absolute atomic E-state index is 0.126. The van der Waals surface area contributed by atoms with Crippen LogP contribution < -0.4 is 4.72 Å². The number of anilines is 1. The van der Waals surface area contributed by atoms with Crippen LogP contribution in [0.15, 0.2) is 76.8 Å². The van der Waals surface area contributed by atoms with Crippen LogP contribution in [0.25, 0.3) is 0 Å². The maximum absolute atomic E-state index is 12.5. The van der Waals surface area contributed by atoms with Crippen LogP contribution in [0.1, 0.15) is 5.56 Å². The molecule has 0 unspecified atom stereocenters. The fraction of sp³-hybridized carbons (Fsp3) is 0.0556. The van der Waals surface area contributed by atoms with E-state index < -0.39 is 20.6 Å². The van der Waals surface area contributed by atoms with Crippen LogP contribution in [0.3, 0.4) is 0 Å². The van der Waals surface area contributed by atoms with Crippen LogP contribution in [0.4, 0.5) is 11.4 Å². The van der Waals surface area contributed by atoms with E-state index in [2.05, 4.69) is 9.71 Å². The van der Waals surface area contributed by atoms with Gasteiger partial charge < -0.3 is 0 Å². The van der Waals surface area contributed by atoms with E-state index in [1.807, 2.05) is 12.1 Å². The molecule has 0 spiro atoms. The SMILES string of the molecule is O=[N+]([O-])c1cc(S(=O)(=O)Nc2ccc(SCc3cccnc3)cc2)ccc1Cl. The first-order valence-electron chi connectivity index (χ1n) is 7.94. The average molecular weight is 436 g/mol. The van der Waals surface area contributed by atoms with Gasteiger partial charge in [-0.25, -0.2) is 8.42 Å². The molecule has 2 aromatic carbocycles. The largest absolute Gasteiger partial charge is 0.289 e. The maximum Gasteiger partial charge on any atom is 0.289 e. The van der Waals surface area contributed by atoms with Crippen molar-refractivity contribution in [2.45, 2.75) is 15.5 Å². The van der Waals surface area contributed by atoms with Crippen molar-refractivity contribution in [3.8, 4) is 0 Å². The number of nitro groups is 1. The van der Waals surface area contributed by atoms with Crippen LogP contribution in [-0.2, 0) is 15.8 Å². The lowest BCUT2D eigenvalue weighted by molar-refractivity contribution is -0.384. The van der Waals surface area contributed by atoms with E-state index in [0.29, 0.717) is 5.69 Å². The maximum atomic E-state index is 12.5. The summed E-state index contributed by atoms with van der Waals surface area (Å²) in [5.74, 6) is 0.743. The van der Waals surface area contributed by atoms with Crippen LogP contribution in [0, 0.1) is 10.1 Å². The molecule has 3 aromatic rings. The van der Waals surface area contributed by atoms with Gasteiger partial charge in [0.15, 0.2) is 0 Å². The van der Waals surface area contributed by atoms with Crippen molar-refractivity contribution in [1.29, 1.82) is 0 Å². The first-order chi connectivity index (χ1) is 13.3. The standard InChI is InChI=1S/C18H14ClN3O4S2/c19-17-8-7-16(10-18(17)22(23)24)28(25,26)21-14-3-5-15(6-4-14)27-12-13-2-1-9-20-11-13/h1-11,21H,12H2. The van der Waals surface area contributed by atoms with Crippen molar-refractivity contribution in [3.05, 3.63) is 87.7 Å². The number of sulfonamides is 1. The molecule has 144 valence electrons. The summed E-state index contributed by atoms with van der Waals surface area (Å²) in [5.41, 5.74) is 0.969. The van der Waals surface area contributed by atoms with Gasteiger partial charge in [-0.1, -0.05) is 17.7 Å². The molecule has 0 fully saturated rings. The van der Waals surface area contributed by atoms with Gasteiger partial charge in [0.05, 0.1) is 9.82 Å². The van der Waals surface area contributed by atoms with E-state index in [4.69, 9.17) is 11.6 Å². The molecular formula is C18H14ClN3O4S2. The fourth-order valence-corrected chi connectivity index (χ4v) is 4.38. The Morgan fingerprint density at radius 2 is 1.89 bits per heavy atom. The van der Waals surface area contributed by atoms with Crippen LogP contribution in [0.2, 0.25) is 5.02 Å². The number of pyridine rings is 1. The quantitative estimate of drug-likeness (QED) is 0.327. The van der Waals surface area contributed by atoms with Gasteiger partial charge in [0, 0.05) is 34.8 Å². The zero-order valence-corrected chi connectivity index (χ0v) is 16.7. The Bertz CT molecular complexity index is 1090. The Kier molecular flexibility index (Phi) is 6.18. The molecule has 3 rings (SSSR count).